The van der Waals surface area contributed by atoms with Gasteiger partial charge in [-0.25, -0.2) is 4.98 Å². The Morgan fingerprint density at radius 1 is 0.963 bits per heavy atom. The summed E-state index contributed by atoms with van der Waals surface area (Å²) in [7, 11) is 0. The zero-order chi connectivity index (χ0) is 18.6. The maximum Gasteiger partial charge on any atom is 0.227 e. The number of hydrogen-bond acceptors (Lipinski definition) is 3. The number of pyridine rings is 1. The molecular formula is C22H16ClN2OS+. The predicted octanol–water partition coefficient (Wildman–Crippen LogP) is 5.30. The maximum absolute atomic E-state index is 12.4. The molecule has 2 aromatic heterocycles. The van der Waals surface area contributed by atoms with Crippen molar-refractivity contribution in [2.75, 3.05) is 0 Å². The highest BCUT2D eigenvalue weighted by Crippen LogP contribution is 2.28. The molecule has 5 heteroatoms. The summed E-state index contributed by atoms with van der Waals surface area (Å²) in [5.41, 5.74) is 3.66. The van der Waals surface area contributed by atoms with Crippen molar-refractivity contribution in [3.8, 4) is 21.8 Å². The Labute approximate surface area is 166 Å². The van der Waals surface area contributed by atoms with Gasteiger partial charge in [-0.3, -0.25) is 4.79 Å². The first-order chi connectivity index (χ1) is 13.2. The SMILES string of the molecule is O=C(C[n+]1cccc(-c2nc(-c3ccc(Cl)cc3)cs2)c1)c1ccccc1. The molecule has 0 spiro atoms. The zero-order valence-electron chi connectivity index (χ0n) is 14.4. The highest BCUT2D eigenvalue weighted by molar-refractivity contribution is 7.13. The van der Waals surface area contributed by atoms with E-state index in [1.807, 2.05) is 89.1 Å². The van der Waals surface area contributed by atoms with Crippen LogP contribution < -0.4 is 4.57 Å². The van der Waals surface area contributed by atoms with Crippen molar-refractivity contribution in [1.82, 2.24) is 4.98 Å². The first-order valence-electron chi connectivity index (χ1n) is 8.48. The number of hydrogen-bond donors (Lipinski definition) is 0. The zero-order valence-corrected chi connectivity index (χ0v) is 16.0. The molecule has 0 aliphatic carbocycles. The Hall–Kier alpha value is -2.82. The fourth-order valence-corrected chi connectivity index (χ4v) is 3.73. The summed E-state index contributed by atoms with van der Waals surface area (Å²) in [4.78, 5) is 17.2. The Morgan fingerprint density at radius 2 is 1.74 bits per heavy atom. The molecule has 0 saturated carbocycles. The fourth-order valence-electron chi connectivity index (χ4n) is 2.79. The largest absolute Gasteiger partial charge is 0.287 e. The summed E-state index contributed by atoms with van der Waals surface area (Å²) >= 11 is 7.54. The highest BCUT2D eigenvalue weighted by atomic mass is 35.5. The van der Waals surface area contributed by atoms with Crippen LogP contribution in [0.25, 0.3) is 21.8 Å². The molecule has 0 amide bonds. The van der Waals surface area contributed by atoms with Crippen molar-refractivity contribution in [1.29, 1.82) is 0 Å². The summed E-state index contributed by atoms with van der Waals surface area (Å²) in [6.07, 6.45) is 3.86. The van der Waals surface area contributed by atoms with E-state index in [2.05, 4.69) is 0 Å². The quantitative estimate of drug-likeness (QED) is 0.341. The molecule has 4 rings (SSSR count). The molecular weight excluding hydrogens is 376 g/mol. The lowest BCUT2D eigenvalue weighted by molar-refractivity contribution is -0.682. The minimum Gasteiger partial charge on any atom is -0.287 e. The minimum atomic E-state index is 0.0822. The van der Waals surface area contributed by atoms with Gasteiger partial charge in [0.1, 0.15) is 5.01 Å². The van der Waals surface area contributed by atoms with E-state index >= 15 is 0 Å². The Bertz CT molecular complexity index is 1070. The second kappa shape index (κ2) is 7.82. The maximum atomic E-state index is 12.4. The number of halogens is 1. The summed E-state index contributed by atoms with van der Waals surface area (Å²) in [6, 6.07) is 20.9. The summed E-state index contributed by atoms with van der Waals surface area (Å²) < 4.78 is 1.90. The Morgan fingerprint density at radius 3 is 2.52 bits per heavy atom. The van der Waals surface area contributed by atoms with Crippen molar-refractivity contribution >= 4 is 28.7 Å². The lowest BCUT2D eigenvalue weighted by Crippen LogP contribution is -2.37. The van der Waals surface area contributed by atoms with Crippen LogP contribution in [-0.2, 0) is 6.54 Å². The number of Topliss-reactive ketones (excluding diaryl/α,β-unsaturated/α-hetero) is 1. The Balaban J connectivity index is 1.56. The van der Waals surface area contributed by atoms with Crippen molar-refractivity contribution in [2.45, 2.75) is 6.54 Å². The van der Waals surface area contributed by atoms with Crippen LogP contribution in [0.2, 0.25) is 5.02 Å². The second-order valence-corrected chi connectivity index (χ2v) is 7.39. The van der Waals surface area contributed by atoms with Gasteiger partial charge >= 0.3 is 0 Å². The van der Waals surface area contributed by atoms with Crippen LogP contribution in [0.15, 0.2) is 84.5 Å². The molecule has 0 saturated heterocycles. The average Bonchev–Trinajstić information content (AvgIpc) is 3.20. The van der Waals surface area contributed by atoms with Crippen LogP contribution in [0.5, 0.6) is 0 Å². The van der Waals surface area contributed by atoms with E-state index in [0.29, 0.717) is 11.6 Å². The topological polar surface area (TPSA) is 33.8 Å². The lowest BCUT2D eigenvalue weighted by atomic mass is 10.1. The number of benzene rings is 2. The molecule has 0 aliphatic rings. The van der Waals surface area contributed by atoms with Crippen LogP contribution in [-0.4, -0.2) is 10.8 Å². The van der Waals surface area contributed by atoms with Gasteiger partial charge in [-0.2, -0.15) is 4.57 Å². The van der Waals surface area contributed by atoms with Crippen LogP contribution in [0, 0.1) is 0 Å². The van der Waals surface area contributed by atoms with Crippen LogP contribution in [0.3, 0.4) is 0 Å². The molecule has 0 fully saturated rings. The lowest BCUT2D eigenvalue weighted by Gasteiger charge is -2.00. The van der Waals surface area contributed by atoms with Gasteiger partial charge in [0.05, 0.1) is 11.3 Å². The number of carbonyl (C=O) groups excluding carboxylic acids is 1. The van der Waals surface area contributed by atoms with Gasteiger partial charge in [0.15, 0.2) is 12.4 Å². The van der Waals surface area contributed by atoms with E-state index in [9.17, 15) is 4.79 Å². The van der Waals surface area contributed by atoms with Gasteiger partial charge in [0.25, 0.3) is 0 Å². The van der Waals surface area contributed by atoms with Gasteiger partial charge in [-0.15, -0.1) is 11.3 Å². The molecule has 3 nitrogen and oxygen atoms in total. The van der Waals surface area contributed by atoms with Crippen molar-refractivity contribution in [2.24, 2.45) is 0 Å². The van der Waals surface area contributed by atoms with Crippen LogP contribution >= 0.6 is 22.9 Å². The molecule has 0 radical (unpaired) electrons. The van der Waals surface area contributed by atoms with Crippen LogP contribution in [0.1, 0.15) is 10.4 Å². The van der Waals surface area contributed by atoms with E-state index < -0.39 is 0 Å². The number of carbonyl (C=O) groups is 1. The first kappa shape index (κ1) is 17.6. The summed E-state index contributed by atoms with van der Waals surface area (Å²) in [5, 5.41) is 3.66. The predicted molar refractivity (Wildman–Crippen MR) is 109 cm³/mol. The van der Waals surface area contributed by atoms with Gasteiger partial charge in [-0.1, -0.05) is 54.1 Å². The van der Waals surface area contributed by atoms with E-state index in [1.54, 1.807) is 11.3 Å². The van der Waals surface area contributed by atoms with Gasteiger partial charge < -0.3 is 0 Å². The molecule has 0 aliphatic heterocycles. The molecule has 27 heavy (non-hydrogen) atoms. The normalized spacial score (nSPS) is 10.7. The monoisotopic (exact) mass is 391 g/mol. The number of nitrogens with zero attached hydrogens (tertiary/aromatic N) is 2. The van der Waals surface area contributed by atoms with Crippen molar-refractivity contribution in [3.05, 3.63) is 95.1 Å². The third-order valence-electron chi connectivity index (χ3n) is 4.17. The highest BCUT2D eigenvalue weighted by Gasteiger charge is 2.14. The molecule has 0 bridgehead atoms. The van der Waals surface area contributed by atoms with E-state index in [0.717, 1.165) is 27.4 Å². The summed E-state index contributed by atoms with van der Waals surface area (Å²) in [5.74, 6) is 0.0822. The Kier molecular flexibility index (Phi) is 5.10. The minimum absolute atomic E-state index is 0.0822. The molecule has 0 N–H and O–H groups in total. The number of rotatable bonds is 5. The van der Waals surface area contributed by atoms with Crippen molar-refractivity contribution in [3.63, 3.8) is 0 Å². The third kappa shape index (κ3) is 4.13. The standard InChI is InChI=1S/C22H16ClN2OS/c23-19-10-8-16(9-11-19)20-15-27-22(24-20)18-7-4-12-25(13-18)14-21(26)17-5-2-1-3-6-17/h1-13,15H,14H2/q+1. The van der Waals surface area contributed by atoms with E-state index in [4.69, 9.17) is 16.6 Å². The first-order valence-corrected chi connectivity index (χ1v) is 9.74. The smallest absolute Gasteiger partial charge is 0.227 e. The second-order valence-electron chi connectivity index (χ2n) is 6.10. The van der Waals surface area contributed by atoms with Gasteiger partial charge in [0.2, 0.25) is 12.3 Å². The fraction of sp³-hybridized carbons (Fsp3) is 0.0455. The van der Waals surface area contributed by atoms with Gasteiger partial charge in [0, 0.05) is 27.6 Å². The van der Waals surface area contributed by atoms with E-state index in [-0.39, 0.29) is 5.78 Å². The average molecular weight is 392 g/mol. The molecule has 0 unspecified atom stereocenters. The van der Waals surface area contributed by atoms with E-state index in [1.165, 1.54) is 0 Å². The number of ketones is 1. The number of thiazole rings is 1. The summed E-state index contributed by atoms with van der Waals surface area (Å²) in [6.45, 7) is 0.299. The molecule has 132 valence electrons. The molecule has 4 aromatic rings. The van der Waals surface area contributed by atoms with Gasteiger partial charge in [-0.05, 0) is 18.2 Å². The molecule has 0 atom stereocenters. The van der Waals surface area contributed by atoms with Crippen molar-refractivity contribution < 1.29 is 9.36 Å². The van der Waals surface area contributed by atoms with Crippen LogP contribution in [0.4, 0.5) is 0 Å². The third-order valence-corrected chi connectivity index (χ3v) is 5.31. The number of aromatic nitrogens is 2. The molecule has 2 heterocycles. The molecule has 2 aromatic carbocycles.